The normalized spacial score (nSPS) is 13.1. The van der Waals surface area contributed by atoms with Gasteiger partial charge in [-0.3, -0.25) is 0 Å². The lowest BCUT2D eigenvalue weighted by atomic mass is 9.92. The molecule has 0 saturated carbocycles. The molecule has 1 aliphatic rings. The van der Waals surface area contributed by atoms with Crippen LogP contribution in [0.1, 0.15) is 16.8 Å². The highest BCUT2D eigenvalue weighted by Crippen LogP contribution is 2.45. The Morgan fingerprint density at radius 1 is 1.33 bits per heavy atom. The molecule has 24 heavy (non-hydrogen) atoms. The Hall–Kier alpha value is -2.49. The topological polar surface area (TPSA) is 90.4 Å². The zero-order valence-corrected chi connectivity index (χ0v) is 14.1. The lowest BCUT2D eigenvalue weighted by Crippen LogP contribution is -2.16. The average molecular weight is 346 g/mol. The van der Waals surface area contributed by atoms with Gasteiger partial charge in [-0.25, -0.2) is 4.98 Å². The first-order chi connectivity index (χ1) is 11.6. The van der Waals surface area contributed by atoms with Crippen molar-refractivity contribution in [1.82, 2.24) is 4.98 Å². The van der Waals surface area contributed by atoms with Gasteiger partial charge < -0.3 is 19.9 Å². The summed E-state index contributed by atoms with van der Waals surface area (Å²) in [6.45, 7) is 0.932. The number of ether oxygens (including phenoxy) is 3. The number of pyridine rings is 1. The fraction of sp³-hybridized carbons (Fsp3) is 0.294. The number of aromatic nitrogens is 1. The lowest BCUT2D eigenvalue weighted by Gasteiger charge is -2.22. The average Bonchev–Trinajstić information content (AvgIpc) is 2.60. The van der Waals surface area contributed by atoms with Crippen molar-refractivity contribution in [1.29, 1.82) is 5.26 Å². The second kappa shape index (κ2) is 6.56. The molecule has 0 bridgehead atoms. The van der Waals surface area contributed by atoms with E-state index in [2.05, 4.69) is 11.1 Å². The van der Waals surface area contributed by atoms with Gasteiger partial charge in [0.2, 0.25) is 0 Å². The number of hydrogen-bond acceptors (Lipinski definition) is 6. The number of fused-ring (bicyclic) bond motifs is 1. The Morgan fingerprint density at radius 2 is 2.12 bits per heavy atom. The fourth-order valence-electron chi connectivity index (χ4n) is 2.89. The molecule has 2 aromatic rings. The van der Waals surface area contributed by atoms with Crippen LogP contribution in [-0.4, -0.2) is 25.8 Å². The standard InChI is InChI=1S/C17H16ClN3O3/c1-22-13-4-3-9(15(18)16(13)23-2)14-10(7-19)17(20)21-12-5-6-24-8-11(12)14/h3-4H,5-6,8H2,1-2H3,(H2,20,21). The van der Waals surface area contributed by atoms with E-state index in [1.807, 2.05) is 0 Å². The van der Waals surface area contributed by atoms with Gasteiger partial charge in [0.25, 0.3) is 0 Å². The van der Waals surface area contributed by atoms with Gasteiger partial charge in [0.1, 0.15) is 17.5 Å². The minimum Gasteiger partial charge on any atom is -0.493 e. The molecule has 0 fully saturated rings. The molecule has 0 amide bonds. The molecule has 3 rings (SSSR count). The maximum atomic E-state index is 9.57. The van der Waals surface area contributed by atoms with Crippen LogP contribution in [0.25, 0.3) is 11.1 Å². The van der Waals surface area contributed by atoms with Gasteiger partial charge in [0, 0.05) is 23.1 Å². The molecule has 1 aromatic carbocycles. The zero-order valence-electron chi connectivity index (χ0n) is 13.4. The molecule has 0 atom stereocenters. The molecule has 2 N–H and O–H groups in total. The van der Waals surface area contributed by atoms with Crippen LogP contribution >= 0.6 is 11.6 Å². The van der Waals surface area contributed by atoms with E-state index in [9.17, 15) is 5.26 Å². The molecule has 0 aliphatic carbocycles. The minimum atomic E-state index is 0.194. The number of nitriles is 1. The molecule has 6 nitrogen and oxygen atoms in total. The van der Waals surface area contributed by atoms with Gasteiger partial charge in [-0.2, -0.15) is 5.26 Å². The molecule has 0 spiro atoms. The molecule has 0 saturated heterocycles. The summed E-state index contributed by atoms with van der Waals surface area (Å²) in [7, 11) is 3.05. The summed E-state index contributed by atoms with van der Waals surface area (Å²) in [6, 6.07) is 5.66. The first-order valence-electron chi connectivity index (χ1n) is 7.32. The SMILES string of the molecule is COc1ccc(-c2c(C#N)c(N)nc3c2COCC3)c(Cl)c1OC. The number of hydrogen-bond donors (Lipinski definition) is 1. The van der Waals surface area contributed by atoms with Gasteiger partial charge in [-0.15, -0.1) is 0 Å². The summed E-state index contributed by atoms with van der Waals surface area (Å²) in [6.07, 6.45) is 0.642. The quantitative estimate of drug-likeness (QED) is 0.919. The molecule has 0 unspecified atom stereocenters. The predicted octanol–water partition coefficient (Wildman–Crippen LogP) is 2.95. The van der Waals surface area contributed by atoms with E-state index in [0.717, 1.165) is 11.3 Å². The summed E-state index contributed by atoms with van der Waals surface area (Å²) >= 11 is 6.53. The van der Waals surface area contributed by atoms with Crippen molar-refractivity contribution < 1.29 is 14.2 Å². The van der Waals surface area contributed by atoms with Crippen molar-refractivity contribution in [2.75, 3.05) is 26.6 Å². The summed E-state index contributed by atoms with van der Waals surface area (Å²) in [5.74, 6) is 1.11. The second-order valence-electron chi connectivity index (χ2n) is 5.25. The van der Waals surface area contributed by atoms with Crippen LogP contribution in [0.15, 0.2) is 12.1 Å². The van der Waals surface area contributed by atoms with E-state index in [1.54, 1.807) is 12.1 Å². The number of anilines is 1. The third-order valence-corrected chi connectivity index (χ3v) is 4.38. The van der Waals surface area contributed by atoms with Crippen molar-refractivity contribution in [3.63, 3.8) is 0 Å². The number of methoxy groups -OCH3 is 2. The third kappa shape index (κ3) is 2.52. The Balaban J connectivity index is 2.34. The minimum absolute atomic E-state index is 0.194. The molecular formula is C17H16ClN3O3. The number of nitrogens with zero attached hydrogens (tertiary/aromatic N) is 2. The maximum Gasteiger partial charge on any atom is 0.180 e. The van der Waals surface area contributed by atoms with Gasteiger partial charge in [0.05, 0.1) is 38.1 Å². The van der Waals surface area contributed by atoms with E-state index < -0.39 is 0 Å². The molecule has 0 radical (unpaired) electrons. The molecule has 1 aliphatic heterocycles. The van der Waals surface area contributed by atoms with Gasteiger partial charge in [0.15, 0.2) is 11.5 Å². The van der Waals surface area contributed by atoms with Crippen LogP contribution in [0, 0.1) is 11.3 Å². The van der Waals surface area contributed by atoms with E-state index in [0.29, 0.717) is 47.3 Å². The Bertz CT molecular complexity index is 846. The van der Waals surface area contributed by atoms with Gasteiger partial charge >= 0.3 is 0 Å². The molecular weight excluding hydrogens is 330 g/mol. The highest BCUT2D eigenvalue weighted by molar-refractivity contribution is 6.35. The number of nitrogens with two attached hydrogens (primary N) is 1. The first-order valence-corrected chi connectivity index (χ1v) is 7.70. The third-order valence-electron chi connectivity index (χ3n) is 4.01. The van der Waals surface area contributed by atoms with E-state index in [1.165, 1.54) is 14.2 Å². The molecule has 124 valence electrons. The van der Waals surface area contributed by atoms with Crippen molar-refractivity contribution in [2.24, 2.45) is 0 Å². The largest absolute Gasteiger partial charge is 0.493 e. The summed E-state index contributed by atoms with van der Waals surface area (Å²) < 4.78 is 16.2. The smallest absolute Gasteiger partial charge is 0.180 e. The Morgan fingerprint density at radius 3 is 2.79 bits per heavy atom. The number of halogens is 1. The monoisotopic (exact) mass is 345 g/mol. The molecule has 2 heterocycles. The van der Waals surface area contributed by atoms with Crippen LogP contribution in [0.2, 0.25) is 5.02 Å². The maximum absolute atomic E-state index is 9.57. The highest BCUT2D eigenvalue weighted by atomic mass is 35.5. The van der Waals surface area contributed by atoms with E-state index in [4.69, 9.17) is 31.5 Å². The van der Waals surface area contributed by atoms with Crippen molar-refractivity contribution >= 4 is 17.4 Å². The highest BCUT2D eigenvalue weighted by Gasteiger charge is 2.25. The van der Waals surface area contributed by atoms with Crippen LogP contribution < -0.4 is 15.2 Å². The Labute approximate surface area is 144 Å². The summed E-state index contributed by atoms with van der Waals surface area (Å²) in [4.78, 5) is 4.35. The van der Waals surface area contributed by atoms with Crippen LogP contribution in [0.3, 0.4) is 0 Å². The number of benzene rings is 1. The molecule has 7 heteroatoms. The van der Waals surface area contributed by atoms with Gasteiger partial charge in [-0.05, 0) is 12.1 Å². The first kappa shape index (κ1) is 16.4. The van der Waals surface area contributed by atoms with Crippen LogP contribution in [0.5, 0.6) is 11.5 Å². The molecule has 1 aromatic heterocycles. The lowest BCUT2D eigenvalue weighted by molar-refractivity contribution is 0.109. The second-order valence-corrected chi connectivity index (χ2v) is 5.63. The van der Waals surface area contributed by atoms with Crippen LogP contribution in [0.4, 0.5) is 5.82 Å². The summed E-state index contributed by atoms with van der Waals surface area (Å²) in [5.41, 5.74) is 9.23. The van der Waals surface area contributed by atoms with Crippen molar-refractivity contribution in [2.45, 2.75) is 13.0 Å². The van der Waals surface area contributed by atoms with Crippen LogP contribution in [-0.2, 0) is 17.8 Å². The van der Waals surface area contributed by atoms with Crippen molar-refractivity contribution in [3.05, 3.63) is 34.0 Å². The number of nitrogen functional groups attached to an aromatic ring is 1. The zero-order chi connectivity index (χ0) is 17.3. The van der Waals surface area contributed by atoms with E-state index >= 15 is 0 Å². The van der Waals surface area contributed by atoms with Gasteiger partial charge in [-0.1, -0.05) is 11.6 Å². The Kier molecular flexibility index (Phi) is 4.47. The van der Waals surface area contributed by atoms with Crippen molar-refractivity contribution in [3.8, 4) is 28.7 Å². The fourth-order valence-corrected chi connectivity index (χ4v) is 3.22. The number of rotatable bonds is 3. The summed E-state index contributed by atoms with van der Waals surface area (Å²) in [5, 5.41) is 9.92. The predicted molar refractivity (Wildman–Crippen MR) is 90.3 cm³/mol. The van der Waals surface area contributed by atoms with E-state index in [-0.39, 0.29) is 11.4 Å².